The highest BCUT2D eigenvalue weighted by Gasteiger charge is 2.19. The van der Waals surface area contributed by atoms with E-state index in [2.05, 4.69) is 15.6 Å². The van der Waals surface area contributed by atoms with Crippen LogP contribution in [-0.2, 0) is 11.3 Å². The molecule has 0 atom stereocenters. The Morgan fingerprint density at radius 2 is 1.89 bits per heavy atom. The molecular weight excluding hydrogens is 491 g/mol. The first-order valence-electron chi connectivity index (χ1n) is 12.3. The minimum absolute atomic E-state index is 0.0814. The van der Waals surface area contributed by atoms with Crippen LogP contribution in [0.1, 0.15) is 45.5 Å². The minimum Gasteiger partial charge on any atom is -0.493 e. The summed E-state index contributed by atoms with van der Waals surface area (Å²) in [5, 5.41) is 5.59. The second-order valence-corrected chi connectivity index (χ2v) is 8.71. The highest BCUT2D eigenvalue weighted by atomic mass is 19.1. The summed E-state index contributed by atoms with van der Waals surface area (Å²) in [4.78, 5) is 44.0. The SMILES string of the molecule is COc1cc2ccc1Oc1cccc(F)c1CNC(=O)CCCN(C(=O)c1cccnc1)CCCNC2=O. The maximum Gasteiger partial charge on any atom is 0.255 e. The fourth-order valence-corrected chi connectivity index (χ4v) is 4.08. The molecule has 3 heterocycles. The number of benzene rings is 2. The molecule has 0 aliphatic carbocycles. The molecular formula is C28H29FN4O5. The average Bonchev–Trinajstić information content (AvgIpc) is 2.93. The smallest absolute Gasteiger partial charge is 0.255 e. The van der Waals surface area contributed by atoms with E-state index >= 15 is 0 Å². The van der Waals surface area contributed by atoms with Crippen LogP contribution in [0, 0.1) is 5.82 Å². The number of halogens is 1. The number of amides is 3. The molecule has 5 rings (SSSR count). The molecule has 1 aromatic heterocycles. The van der Waals surface area contributed by atoms with Crippen molar-refractivity contribution in [2.24, 2.45) is 0 Å². The summed E-state index contributed by atoms with van der Waals surface area (Å²) < 4.78 is 26.0. The van der Waals surface area contributed by atoms with E-state index in [1.54, 1.807) is 41.4 Å². The van der Waals surface area contributed by atoms with Crippen molar-refractivity contribution in [3.05, 3.63) is 83.4 Å². The number of hydrogen-bond acceptors (Lipinski definition) is 6. The molecule has 0 saturated carbocycles. The number of pyridine rings is 1. The van der Waals surface area contributed by atoms with Crippen molar-refractivity contribution >= 4 is 17.7 Å². The number of carbonyl (C=O) groups excluding carboxylic acids is 3. The van der Waals surface area contributed by atoms with Gasteiger partial charge >= 0.3 is 0 Å². The van der Waals surface area contributed by atoms with Gasteiger partial charge in [0, 0.05) is 56.1 Å². The number of fused-ring (bicyclic) bond motifs is 13. The van der Waals surface area contributed by atoms with Gasteiger partial charge in [-0.05, 0) is 55.3 Å². The Hall–Kier alpha value is -4.47. The fourth-order valence-electron chi connectivity index (χ4n) is 4.08. The Labute approximate surface area is 220 Å². The van der Waals surface area contributed by atoms with Crippen LogP contribution in [0.5, 0.6) is 17.2 Å². The highest BCUT2D eigenvalue weighted by Crippen LogP contribution is 2.34. The summed E-state index contributed by atoms with van der Waals surface area (Å²) in [5.41, 5.74) is 0.983. The van der Waals surface area contributed by atoms with Gasteiger partial charge in [-0.3, -0.25) is 19.4 Å². The Bertz CT molecular complexity index is 1300. The van der Waals surface area contributed by atoms with Crippen LogP contribution in [0.3, 0.4) is 0 Å². The summed E-state index contributed by atoms with van der Waals surface area (Å²) in [7, 11) is 1.44. The molecule has 3 amide bonds. The lowest BCUT2D eigenvalue weighted by Crippen LogP contribution is -2.36. The molecule has 0 unspecified atom stereocenters. The van der Waals surface area contributed by atoms with Crippen LogP contribution < -0.4 is 20.1 Å². The van der Waals surface area contributed by atoms with Gasteiger partial charge in [0.1, 0.15) is 11.6 Å². The van der Waals surface area contributed by atoms with E-state index in [1.165, 1.54) is 31.5 Å². The first kappa shape index (κ1) is 26.6. The first-order chi connectivity index (χ1) is 18.5. The number of ether oxygens (including phenoxy) is 2. The van der Waals surface area contributed by atoms with Gasteiger partial charge in [-0.25, -0.2) is 4.39 Å². The molecule has 2 aliphatic rings. The normalized spacial score (nSPS) is 15.2. The zero-order valence-corrected chi connectivity index (χ0v) is 21.0. The summed E-state index contributed by atoms with van der Waals surface area (Å²) in [6.07, 6.45) is 4.15. The second-order valence-electron chi connectivity index (χ2n) is 8.71. The molecule has 0 spiro atoms. The Morgan fingerprint density at radius 1 is 1.05 bits per heavy atom. The molecule has 38 heavy (non-hydrogen) atoms. The van der Waals surface area contributed by atoms with Crippen LogP contribution in [0.15, 0.2) is 60.9 Å². The van der Waals surface area contributed by atoms with Crippen LogP contribution in [0.25, 0.3) is 0 Å². The number of aromatic nitrogens is 1. The lowest BCUT2D eigenvalue weighted by Gasteiger charge is -2.23. The van der Waals surface area contributed by atoms with E-state index in [0.717, 1.165) is 0 Å². The van der Waals surface area contributed by atoms with Gasteiger partial charge in [-0.15, -0.1) is 0 Å². The van der Waals surface area contributed by atoms with Gasteiger partial charge in [0.15, 0.2) is 11.5 Å². The van der Waals surface area contributed by atoms with Crippen molar-refractivity contribution < 1.29 is 28.2 Å². The van der Waals surface area contributed by atoms with E-state index in [9.17, 15) is 18.8 Å². The molecule has 0 fully saturated rings. The second kappa shape index (κ2) is 12.7. The lowest BCUT2D eigenvalue weighted by atomic mass is 10.1. The van der Waals surface area contributed by atoms with Crippen molar-refractivity contribution in [3.63, 3.8) is 0 Å². The van der Waals surface area contributed by atoms with E-state index in [-0.39, 0.29) is 42.0 Å². The van der Waals surface area contributed by atoms with E-state index in [0.29, 0.717) is 55.1 Å². The van der Waals surface area contributed by atoms with Gasteiger partial charge in [0.05, 0.1) is 12.7 Å². The maximum absolute atomic E-state index is 14.7. The molecule has 9 nitrogen and oxygen atoms in total. The van der Waals surface area contributed by atoms with Gasteiger partial charge in [0.25, 0.3) is 11.8 Å². The van der Waals surface area contributed by atoms with Gasteiger partial charge < -0.3 is 25.0 Å². The number of methoxy groups -OCH3 is 1. The third-order valence-electron chi connectivity index (χ3n) is 6.10. The Kier molecular flexibility index (Phi) is 8.86. The Balaban J connectivity index is 1.59. The summed E-state index contributed by atoms with van der Waals surface area (Å²) in [6.45, 7) is 0.969. The molecule has 2 aromatic carbocycles. The first-order valence-corrected chi connectivity index (χ1v) is 12.3. The number of hydrogen-bond donors (Lipinski definition) is 2. The molecule has 2 bridgehead atoms. The van der Waals surface area contributed by atoms with Gasteiger partial charge in [-0.1, -0.05) is 6.07 Å². The van der Waals surface area contributed by atoms with E-state index < -0.39 is 5.82 Å². The van der Waals surface area contributed by atoms with Crippen LogP contribution in [-0.4, -0.2) is 54.3 Å². The number of rotatable bonds is 2. The molecule has 0 saturated heterocycles. The molecule has 0 radical (unpaired) electrons. The average molecular weight is 521 g/mol. The number of nitrogens with zero attached hydrogens (tertiary/aromatic N) is 2. The van der Waals surface area contributed by atoms with Gasteiger partial charge in [-0.2, -0.15) is 0 Å². The van der Waals surface area contributed by atoms with E-state index in [4.69, 9.17) is 9.47 Å². The maximum atomic E-state index is 14.7. The van der Waals surface area contributed by atoms with Crippen molar-refractivity contribution in [2.75, 3.05) is 26.7 Å². The monoisotopic (exact) mass is 520 g/mol. The van der Waals surface area contributed by atoms with Crippen LogP contribution in [0.2, 0.25) is 0 Å². The molecule has 2 N–H and O–H groups in total. The topological polar surface area (TPSA) is 110 Å². The predicted molar refractivity (Wildman–Crippen MR) is 138 cm³/mol. The van der Waals surface area contributed by atoms with Crippen molar-refractivity contribution in [1.29, 1.82) is 0 Å². The van der Waals surface area contributed by atoms with Crippen LogP contribution >= 0.6 is 0 Å². The minimum atomic E-state index is -0.531. The summed E-state index contributed by atoms with van der Waals surface area (Å²) in [5.74, 6) is -0.514. The van der Waals surface area contributed by atoms with Gasteiger partial charge in [0.2, 0.25) is 5.91 Å². The molecule has 3 aromatic rings. The number of nitrogens with one attached hydrogen (secondary N) is 2. The molecule has 10 heteroatoms. The Morgan fingerprint density at radius 3 is 2.68 bits per heavy atom. The van der Waals surface area contributed by atoms with E-state index in [1.807, 2.05) is 0 Å². The zero-order valence-electron chi connectivity index (χ0n) is 21.0. The third-order valence-corrected chi connectivity index (χ3v) is 6.10. The number of carbonyl (C=O) groups is 3. The molecule has 198 valence electrons. The largest absolute Gasteiger partial charge is 0.493 e. The standard InChI is InChI=1S/C28H29FN4O5/c1-37-25-16-19-10-11-24(25)38-23-8-2-7-22(29)21(23)18-32-26(34)9-4-14-33(15-5-13-31-27(19)35)28(36)20-6-3-12-30-17-20/h2-3,6-8,10-12,16-17H,4-5,9,13-15,18H2,1H3,(H,31,35)(H,32,34). The zero-order chi connectivity index (χ0) is 26.9. The lowest BCUT2D eigenvalue weighted by molar-refractivity contribution is -0.121. The predicted octanol–water partition coefficient (Wildman–Crippen LogP) is 3.69. The quantitative estimate of drug-likeness (QED) is 0.533. The van der Waals surface area contributed by atoms with Crippen LogP contribution in [0.4, 0.5) is 4.39 Å². The summed E-state index contributed by atoms with van der Waals surface area (Å²) >= 11 is 0. The molecule has 2 aliphatic heterocycles. The summed E-state index contributed by atoms with van der Waals surface area (Å²) in [6, 6.07) is 12.5. The third kappa shape index (κ3) is 6.64. The van der Waals surface area contributed by atoms with Crippen molar-refractivity contribution in [2.45, 2.75) is 25.8 Å². The fraction of sp³-hybridized carbons (Fsp3) is 0.286. The van der Waals surface area contributed by atoms with Crippen molar-refractivity contribution in [1.82, 2.24) is 20.5 Å². The highest BCUT2D eigenvalue weighted by molar-refractivity contribution is 5.95. The van der Waals surface area contributed by atoms with Crippen molar-refractivity contribution in [3.8, 4) is 17.2 Å².